The van der Waals surface area contributed by atoms with Crippen molar-refractivity contribution in [1.29, 1.82) is 0 Å². The van der Waals surface area contributed by atoms with Crippen molar-refractivity contribution in [3.63, 3.8) is 0 Å². The highest BCUT2D eigenvalue weighted by atomic mass is 32.1. The summed E-state index contributed by atoms with van der Waals surface area (Å²) in [5.74, 6) is 0.218. The van der Waals surface area contributed by atoms with E-state index >= 15 is 0 Å². The summed E-state index contributed by atoms with van der Waals surface area (Å²) in [4.78, 5) is 17.0. The molecule has 0 aliphatic rings. The number of fused-ring (bicyclic) bond motifs is 1. The number of aliphatic hydroxyl groups is 2. The summed E-state index contributed by atoms with van der Waals surface area (Å²) in [6.07, 6.45) is 1.80. The van der Waals surface area contributed by atoms with Crippen LogP contribution in [0.4, 0.5) is 0 Å². The fourth-order valence-corrected chi connectivity index (χ4v) is 4.77. The van der Waals surface area contributed by atoms with Crippen molar-refractivity contribution in [3.8, 4) is 22.3 Å². The molecule has 0 atom stereocenters. The summed E-state index contributed by atoms with van der Waals surface area (Å²) in [6, 6.07) is 20.0. The number of carbonyl (C=O) groups excluding carboxylic acids is 1. The summed E-state index contributed by atoms with van der Waals surface area (Å²) in [5.41, 5.74) is 6.81. The third-order valence-corrected chi connectivity index (χ3v) is 6.43. The zero-order valence-corrected chi connectivity index (χ0v) is 18.3. The Morgan fingerprint density at radius 2 is 1.48 bits per heavy atom. The molecule has 0 spiro atoms. The van der Waals surface area contributed by atoms with Gasteiger partial charge in [-0.1, -0.05) is 55.5 Å². The maximum atomic E-state index is 12.2. The molecule has 4 rings (SSSR count). The van der Waals surface area contributed by atoms with E-state index in [0.717, 1.165) is 55.0 Å². The highest BCUT2D eigenvalue weighted by Crippen LogP contribution is 2.37. The second kappa shape index (κ2) is 9.52. The number of hydrogen-bond donors (Lipinski definition) is 2. The molecule has 0 bridgehead atoms. The molecule has 0 aliphatic carbocycles. The molecule has 0 radical (unpaired) electrons. The molecular weight excluding hydrogens is 406 g/mol. The molecule has 0 saturated heterocycles. The monoisotopic (exact) mass is 431 g/mol. The van der Waals surface area contributed by atoms with Crippen LogP contribution in [0.3, 0.4) is 0 Å². The third kappa shape index (κ3) is 4.74. The molecule has 158 valence electrons. The molecule has 0 aliphatic heterocycles. The Morgan fingerprint density at radius 1 is 0.871 bits per heavy atom. The van der Waals surface area contributed by atoms with Gasteiger partial charge in [-0.3, -0.25) is 4.79 Å². The normalized spacial score (nSPS) is 11.2. The topological polar surface area (TPSA) is 70.4 Å². The first-order valence-electron chi connectivity index (χ1n) is 10.5. The average Bonchev–Trinajstić information content (AvgIpc) is 3.21. The number of aliphatic hydroxyl groups excluding tert-OH is 2. The van der Waals surface area contributed by atoms with Gasteiger partial charge in [-0.15, -0.1) is 11.3 Å². The highest BCUT2D eigenvalue weighted by molar-refractivity contribution is 7.19. The minimum absolute atomic E-state index is 0.0111. The first kappa shape index (κ1) is 21.4. The van der Waals surface area contributed by atoms with Gasteiger partial charge in [0.25, 0.3) is 0 Å². The van der Waals surface area contributed by atoms with Gasteiger partial charge >= 0.3 is 0 Å². The molecule has 0 saturated carbocycles. The van der Waals surface area contributed by atoms with Gasteiger partial charge in [-0.05, 0) is 46.4 Å². The third-order valence-electron chi connectivity index (χ3n) is 5.33. The van der Waals surface area contributed by atoms with Crippen LogP contribution in [0.1, 0.15) is 35.9 Å². The van der Waals surface area contributed by atoms with E-state index in [1.807, 2.05) is 55.5 Å². The maximum absolute atomic E-state index is 12.2. The van der Waals surface area contributed by atoms with Crippen molar-refractivity contribution in [2.45, 2.75) is 39.4 Å². The van der Waals surface area contributed by atoms with Crippen LogP contribution in [0.25, 0.3) is 32.5 Å². The Balaban J connectivity index is 1.83. The minimum atomic E-state index is 0.0111. The molecule has 4 aromatic rings. The zero-order valence-electron chi connectivity index (χ0n) is 17.5. The van der Waals surface area contributed by atoms with Crippen molar-refractivity contribution in [1.82, 2.24) is 4.98 Å². The van der Waals surface area contributed by atoms with Crippen LogP contribution in [0.2, 0.25) is 0 Å². The standard InChI is InChI=1S/C26H25NO3S/c1-2-3-22(30)14-25-27-24-13-21(19-8-4-17(15-28)5-9-19)12-23(26(24)31-25)20-10-6-18(16-29)7-11-20/h4-13,28-29H,2-3,14-16H2,1H3. The van der Waals surface area contributed by atoms with E-state index in [1.54, 1.807) is 11.3 Å². The summed E-state index contributed by atoms with van der Waals surface area (Å²) in [7, 11) is 0. The van der Waals surface area contributed by atoms with E-state index in [0.29, 0.717) is 12.8 Å². The van der Waals surface area contributed by atoms with Crippen LogP contribution < -0.4 is 0 Å². The molecule has 5 heteroatoms. The molecule has 0 amide bonds. The van der Waals surface area contributed by atoms with E-state index < -0.39 is 0 Å². The molecular formula is C26H25NO3S. The number of Topliss-reactive ketones (excluding diaryl/α,β-unsaturated/α-hetero) is 1. The van der Waals surface area contributed by atoms with Gasteiger partial charge in [0.05, 0.1) is 29.9 Å². The van der Waals surface area contributed by atoms with Gasteiger partial charge in [0, 0.05) is 12.0 Å². The van der Waals surface area contributed by atoms with E-state index in [2.05, 4.69) is 12.1 Å². The van der Waals surface area contributed by atoms with Crippen LogP contribution >= 0.6 is 11.3 Å². The SMILES string of the molecule is CCCC(=O)Cc1nc2cc(-c3ccc(CO)cc3)cc(-c3ccc(CO)cc3)c2s1. The van der Waals surface area contributed by atoms with E-state index in [4.69, 9.17) is 4.98 Å². The smallest absolute Gasteiger partial charge is 0.139 e. The molecule has 1 heterocycles. The van der Waals surface area contributed by atoms with E-state index in [9.17, 15) is 15.0 Å². The van der Waals surface area contributed by atoms with Crippen molar-refractivity contribution < 1.29 is 15.0 Å². The molecule has 1 aromatic heterocycles. The van der Waals surface area contributed by atoms with Gasteiger partial charge in [0.15, 0.2) is 0 Å². The lowest BCUT2D eigenvalue weighted by Crippen LogP contribution is -2.00. The molecule has 0 unspecified atom stereocenters. The number of rotatable bonds is 8. The molecule has 4 nitrogen and oxygen atoms in total. The van der Waals surface area contributed by atoms with Crippen molar-refractivity contribution in [3.05, 3.63) is 76.8 Å². The molecule has 3 aromatic carbocycles. The average molecular weight is 432 g/mol. The van der Waals surface area contributed by atoms with E-state index in [1.165, 1.54) is 0 Å². The minimum Gasteiger partial charge on any atom is -0.392 e. The van der Waals surface area contributed by atoms with Crippen LogP contribution in [-0.4, -0.2) is 21.0 Å². The highest BCUT2D eigenvalue weighted by Gasteiger charge is 2.15. The quantitative estimate of drug-likeness (QED) is 0.385. The Hall–Kier alpha value is -2.86. The molecule has 0 fully saturated rings. The summed E-state index contributed by atoms with van der Waals surface area (Å²) in [6.45, 7) is 2.04. The van der Waals surface area contributed by atoms with Crippen molar-refractivity contribution in [2.75, 3.05) is 0 Å². The lowest BCUT2D eigenvalue weighted by atomic mass is 9.97. The number of thiazole rings is 1. The first-order chi connectivity index (χ1) is 15.1. The van der Waals surface area contributed by atoms with E-state index in [-0.39, 0.29) is 19.0 Å². The fourth-order valence-electron chi connectivity index (χ4n) is 3.66. The van der Waals surface area contributed by atoms with Crippen LogP contribution in [0.15, 0.2) is 60.7 Å². The number of benzene rings is 3. The summed E-state index contributed by atoms with van der Waals surface area (Å²) < 4.78 is 1.06. The number of nitrogens with zero attached hydrogens (tertiary/aromatic N) is 1. The van der Waals surface area contributed by atoms with Gasteiger partial charge in [-0.25, -0.2) is 4.98 Å². The first-order valence-corrected chi connectivity index (χ1v) is 11.3. The summed E-state index contributed by atoms with van der Waals surface area (Å²) >= 11 is 1.58. The second-order valence-corrected chi connectivity index (χ2v) is 8.74. The Kier molecular flexibility index (Phi) is 6.56. The van der Waals surface area contributed by atoms with Crippen molar-refractivity contribution in [2.24, 2.45) is 0 Å². The maximum Gasteiger partial charge on any atom is 0.139 e. The van der Waals surface area contributed by atoms with Crippen LogP contribution in [0.5, 0.6) is 0 Å². The number of carbonyl (C=O) groups is 1. The predicted octanol–water partition coefficient (Wildman–Crippen LogP) is 5.53. The van der Waals surface area contributed by atoms with Gasteiger partial charge < -0.3 is 10.2 Å². The lowest BCUT2D eigenvalue weighted by molar-refractivity contribution is -0.118. The zero-order chi connectivity index (χ0) is 21.8. The van der Waals surface area contributed by atoms with Gasteiger partial charge in [0.2, 0.25) is 0 Å². The van der Waals surface area contributed by atoms with Gasteiger partial charge in [0.1, 0.15) is 10.8 Å². The number of hydrogen-bond acceptors (Lipinski definition) is 5. The molecule has 31 heavy (non-hydrogen) atoms. The van der Waals surface area contributed by atoms with Crippen LogP contribution in [0, 0.1) is 0 Å². The molecule has 2 N–H and O–H groups in total. The number of aromatic nitrogens is 1. The predicted molar refractivity (Wildman–Crippen MR) is 126 cm³/mol. The Bertz CT molecular complexity index is 1190. The largest absolute Gasteiger partial charge is 0.392 e. The second-order valence-electron chi connectivity index (χ2n) is 7.66. The van der Waals surface area contributed by atoms with Crippen molar-refractivity contribution >= 4 is 27.3 Å². The number of ketones is 1. The Labute approximate surface area is 185 Å². The lowest BCUT2D eigenvalue weighted by Gasteiger charge is -2.09. The Morgan fingerprint density at radius 3 is 2.06 bits per heavy atom. The van der Waals surface area contributed by atoms with Gasteiger partial charge in [-0.2, -0.15) is 0 Å². The fraction of sp³-hybridized carbons (Fsp3) is 0.231. The van der Waals surface area contributed by atoms with Crippen LogP contribution in [-0.2, 0) is 24.4 Å². The summed E-state index contributed by atoms with van der Waals surface area (Å²) in [5, 5.41) is 19.6.